The van der Waals surface area contributed by atoms with E-state index in [9.17, 15) is 9.59 Å². The normalized spacial score (nSPS) is 10.2. The number of carbonyl (C=O) groups excluding carboxylic acids is 2. The Morgan fingerprint density at radius 3 is 2.36 bits per heavy atom. The lowest BCUT2D eigenvalue weighted by Crippen LogP contribution is -2.21. The first-order valence-electron chi connectivity index (χ1n) is 8.13. The Morgan fingerprint density at radius 2 is 1.72 bits per heavy atom. The van der Waals surface area contributed by atoms with E-state index in [0.29, 0.717) is 12.1 Å². The molecule has 132 valence electrons. The average Bonchev–Trinajstić information content (AvgIpc) is 2.61. The first-order valence-corrected chi connectivity index (χ1v) is 8.13. The summed E-state index contributed by atoms with van der Waals surface area (Å²) >= 11 is 0. The van der Waals surface area contributed by atoms with Crippen LogP contribution in [0.4, 0.5) is 5.69 Å². The van der Waals surface area contributed by atoms with Crippen molar-refractivity contribution in [3.63, 3.8) is 0 Å². The molecule has 0 aliphatic carbocycles. The molecule has 0 saturated carbocycles. The molecule has 25 heavy (non-hydrogen) atoms. The highest BCUT2D eigenvalue weighted by molar-refractivity contribution is 5.92. The van der Waals surface area contributed by atoms with Crippen molar-refractivity contribution in [3.8, 4) is 5.75 Å². The summed E-state index contributed by atoms with van der Waals surface area (Å²) < 4.78 is 10.1. The van der Waals surface area contributed by atoms with Crippen LogP contribution in [0, 0.1) is 13.8 Å². The fourth-order valence-corrected chi connectivity index (χ4v) is 2.27. The van der Waals surface area contributed by atoms with Gasteiger partial charge in [0.1, 0.15) is 5.75 Å². The van der Waals surface area contributed by atoms with Gasteiger partial charge in [0.25, 0.3) is 5.91 Å². The van der Waals surface area contributed by atoms with E-state index in [4.69, 9.17) is 9.47 Å². The molecule has 0 fully saturated rings. The van der Waals surface area contributed by atoms with Crippen LogP contribution in [0.25, 0.3) is 0 Å². The quantitative estimate of drug-likeness (QED) is 0.784. The van der Waals surface area contributed by atoms with Crippen molar-refractivity contribution in [3.05, 3.63) is 59.2 Å². The molecule has 5 heteroatoms. The lowest BCUT2D eigenvalue weighted by atomic mass is 10.1. The molecule has 0 aliphatic rings. The van der Waals surface area contributed by atoms with E-state index in [0.717, 1.165) is 22.4 Å². The predicted molar refractivity (Wildman–Crippen MR) is 96.8 cm³/mol. The number of hydrogen-bond donors (Lipinski definition) is 1. The molecule has 0 radical (unpaired) electrons. The number of anilines is 1. The fourth-order valence-electron chi connectivity index (χ4n) is 2.27. The number of nitrogens with one attached hydrogen (secondary N) is 1. The lowest BCUT2D eigenvalue weighted by Gasteiger charge is -2.08. The molecule has 1 N–H and O–H groups in total. The number of aryl methyl sites for hydroxylation is 3. The molecule has 2 aromatic rings. The van der Waals surface area contributed by atoms with Gasteiger partial charge in [-0.3, -0.25) is 9.59 Å². The van der Waals surface area contributed by atoms with Crippen LogP contribution in [0.3, 0.4) is 0 Å². The summed E-state index contributed by atoms with van der Waals surface area (Å²) in [4.78, 5) is 23.6. The highest BCUT2D eigenvalue weighted by Gasteiger charge is 2.09. The first-order chi connectivity index (χ1) is 12.0. The number of hydrogen-bond acceptors (Lipinski definition) is 4. The van der Waals surface area contributed by atoms with Crippen molar-refractivity contribution >= 4 is 17.6 Å². The maximum atomic E-state index is 11.9. The second-order valence-corrected chi connectivity index (χ2v) is 5.86. The van der Waals surface area contributed by atoms with Gasteiger partial charge in [-0.1, -0.05) is 18.2 Å². The van der Waals surface area contributed by atoms with Gasteiger partial charge in [-0.2, -0.15) is 0 Å². The fraction of sp³-hybridized carbons (Fsp3) is 0.300. The van der Waals surface area contributed by atoms with Gasteiger partial charge in [-0.15, -0.1) is 0 Å². The average molecular weight is 341 g/mol. The zero-order valence-electron chi connectivity index (χ0n) is 14.8. The van der Waals surface area contributed by atoms with Gasteiger partial charge in [-0.25, -0.2) is 0 Å². The van der Waals surface area contributed by atoms with Crippen LogP contribution in [0.1, 0.15) is 23.1 Å². The van der Waals surface area contributed by atoms with E-state index < -0.39 is 5.97 Å². The van der Waals surface area contributed by atoms with Crippen LogP contribution in [-0.2, 0) is 20.7 Å². The molecule has 0 aliphatic heterocycles. The Bertz CT molecular complexity index is 738. The van der Waals surface area contributed by atoms with Gasteiger partial charge >= 0.3 is 5.97 Å². The Labute approximate surface area is 148 Å². The molecular formula is C20H23NO4. The molecule has 0 saturated heterocycles. The Hall–Kier alpha value is -2.82. The van der Waals surface area contributed by atoms with Crippen LogP contribution in [0.15, 0.2) is 42.5 Å². The largest absolute Gasteiger partial charge is 0.497 e. The zero-order valence-corrected chi connectivity index (χ0v) is 14.8. The summed E-state index contributed by atoms with van der Waals surface area (Å²) in [5.41, 5.74) is 3.96. The first kappa shape index (κ1) is 18.5. The second kappa shape index (κ2) is 8.87. The van der Waals surface area contributed by atoms with E-state index in [1.807, 2.05) is 56.3 Å². The van der Waals surface area contributed by atoms with Crippen LogP contribution in [0.2, 0.25) is 0 Å². The zero-order chi connectivity index (χ0) is 18.2. The van der Waals surface area contributed by atoms with E-state index in [1.54, 1.807) is 7.11 Å². The minimum absolute atomic E-state index is 0.225. The summed E-state index contributed by atoms with van der Waals surface area (Å²) in [6.45, 7) is 3.70. The number of carbonyl (C=O) groups is 2. The molecule has 0 heterocycles. The summed E-state index contributed by atoms with van der Waals surface area (Å²) in [6, 6.07) is 13.1. The number of methoxy groups -OCH3 is 1. The number of amides is 1. The smallest absolute Gasteiger partial charge is 0.306 e. The van der Waals surface area contributed by atoms with Crippen molar-refractivity contribution in [1.29, 1.82) is 0 Å². The van der Waals surface area contributed by atoms with Crippen molar-refractivity contribution in [2.75, 3.05) is 19.0 Å². The van der Waals surface area contributed by atoms with E-state index in [-0.39, 0.29) is 18.9 Å². The topological polar surface area (TPSA) is 64.6 Å². The third kappa shape index (κ3) is 5.95. The van der Waals surface area contributed by atoms with Crippen LogP contribution in [0.5, 0.6) is 5.75 Å². The minimum atomic E-state index is -0.397. The van der Waals surface area contributed by atoms with Crippen molar-refractivity contribution in [2.24, 2.45) is 0 Å². The molecule has 0 bridgehead atoms. The predicted octanol–water partition coefficient (Wildman–Crippen LogP) is 3.43. The minimum Gasteiger partial charge on any atom is -0.497 e. The molecule has 0 spiro atoms. The maximum absolute atomic E-state index is 11.9. The number of benzene rings is 2. The molecule has 0 atom stereocenters. The Balaban J connectivity index is 1.73. The van der Waals surface area contributed by atoms with E-state index in [1.165, 1.54) is 0 Å². The number of esters is 1. The van der Waals surface area contributed by atoms with Gasteiger partial charge in [-0.05, 0) is 61.2 Å². The second-order valence-electron chi connectivity index (χ2n) is 5.86. The lowest BCUT2D eigenvalue weighted by molar-refractivity contribution is -0.147. The van der Waals surface area contributed by atoms with Gasteiger partial charge < -0.3 is 14.8 Å². The molecule has 2 rings (SSSR count). The van der Waals surface area contributed by atoms with Gasteiger partial charge in [0, 0.05) is 12.1 Å². The van der Waals surface area contributed by atoms with Crippen LogP contribution in [-0.4, -0.2) is 25.6 Å². The van der Waals surface area contributed by atoms with Crippen LogP contribution < -0.4 is 10.1 Å². The third-order valence-electron chi connectivity index (χ3n) is 3.93. The summed E-state index contributed by atoms with van der Waals surface area (Å²) in [6.07, 6.45) is 0.783. The number of ether oxygens (including phenoxy) is 2. The van der Waals surface area contributed by atoms with Crippen molar-refractivity contribution in [2.45, 2.75) is 26.7 Å². The molecule has 2 aromatic carbocycles. The molecule has 0 unspecified atom stereocenters. The molecule has 0 aromatic heterocycles. The van der Waals surface area contributed by atoms with Gasteiger partial charge in [0.2, 0.25) is 0 Å². The molecule has 1 amide bonds. The SMILES string of the molecule is COc1ccc(CCC(=O)OCC(=O)Nc2ccc(C)c(C)c2)cc1. The monoisotopic (exact) mass is 341 g/mol. The summed E-state index contributed by atoms with van der Waals surface area (Å²) in [5, 5.41) is 2.72. The van der Waals surface area contributed by atoms with Crippen molar-refractivity contribution < 1.29 is 19.1 Å². The molecule has 5 nitrogen and oxygen atoms in total. The van der Waals surface area contributed by atoms with E-state index >= 15 is 0 Å². The van der Waals surface area contributed by atoms with Crippen molar-refractivity contribution in [1.82, 2.24) is 0 Å². The molecular weight excluding hydrogens is 318 g/mol. The highest BCUT2D eigenvalue weighted by atomic mass is 16.5. The maximum Gasteiger partial charge on any atom is 0.306 e. The third-order valence-corrected chi connectivity index (χ3v) is 3.93. The van der Waals surface area contributed by atoms with Gasteiger partial charge in [0.15, 0.2) is 6.61 Å². The van der Waals surface area contributed by atoms with E-state index in [2.05, 4.69) is 5.32 Å². The van der Waals surface area contributed by atoms with Gasteiger partial charge in [0.05, 0.1) is 7.11 Å². The Morgan fingerprint density at radius 1 is 1.00 bits per heavy atom. The number of rotatable bonds is 7. The Kier molecular flexibility index (Phi) is 6.57. The standard InChI is InChI=1S/C20H23NO4/c1-14-4-8-17(12-15(14)2)21-19(22)13-25-20(23)11-7-16-5-9-18(24-3)10-6-16/h4-6,8-10,12H,7,11,13H2,1-3H3,(H,21,22). The summed E-state index contributed by atoms with van der Waals surface area (Å²) in [7, 11) is 1.61. The summed E-state index contributed by atoms with van der Waals surface area (Å²) in [5.74, 6) is 0.0291. The van der Waals surface area contributed by atoms with Crippen LogP contribution >= 0.6 is 0 Å². The highest BCUT2D eigenvalue weighted by Crippen LogP contribution is 2.14.